The lowest BCUT2D eigenvalue weighted by Gasteiger charge is -2.27. The Bertz CT molecular complexity index is 1380. The van der Waals surface area contributed by atoms with Gasteiger partial charge in [-0.25, -0.2) is 0 Å². The molecular weight excluding hydrogens is 474 g/mol. The van der Waals surface area contributed by atoms with Crippen LogP contribution in [0.15, 0.2) is 36.5 Å². The number of aromatic nitrogens is 4. The standard InChI is InChI=1S/C23H22ClN7O2S/c1-13(32)8-14-9-15(11-16(10-14)22(33)31-6-4-25-5-7-31)21-29-30-23(34-21)27-19-3-2-18-17(20(19)24)12-26-28-18/h2-3,9-12,25H,4-8H2,1H3,(H,26,28)(H,27,30). The number of H-pyrrole nitrogens is 1. The van der Waals surface area contributed by atoms with Crippen molar-refractivity contribution in [3.8, 4) is 10.6 Å². The first-order valence-corrected chi connectivity index (χ1v) is 12.0. The summed E-state index contributed by atoms with van der Waals surface area (Å²) in [5.41, 5.74) is 3.62. The Morgan fingerprint density at radius 3 is 2.79 bits per heavy atom. The average molecular weight is 496 g/mol. The first kappa shape index (κ1) is 22.5. The molecule has 0 unspecified atom stereocenters. The fraction of sp³-hybridized carbons (Fsp3) is 0.261. The van der Waals surface area contributed by atoms with Gasteiger partial charge < -0.3 is 15.5 Å². The molecule has 9 nitrogen and oxygen atoms in total. The zero-order valence-electron chi connectivity index (χ0n) is 18.4. The third-order valence-corrected chi connectivity index (χ3v) is 6.86. The number of aromatic amines is 1. The Hall–Kier alpha value is -3.34. The van der Waals surface area contributed by atoms with Gasteiger partial charge in [-0.1, -0.05) is 22.9 Å². The second-order valence-electron chi connectivity index (χ2n) is 8.14. The van der Waals surface area contributed by atoms with Crippen LogP contribution in [0.1, 0.15) is 22.8 Å². The smallest absolute Gasteiger partial charge is 0.253 e. The number of carbonyl (C=O) groups excluding carboxylic acids is 2. The summed E-state index contributed by atoms with van der Waals surface area (Å²) in [4.78, 5) is 26.8. The molecule has 0 saturated carbocycles. The van der Waals surface area contributed by atoms with E-state index in [1.807, 2.05) is 29.2 Å². The Morgan fingerprint density at radius 1 is 1.18 bits per heavy atom. The molecule has 2 aromatic heterocycles. The molecule has 2 aromatic carbocycles. The van der Waals surface area contributed by atoms with Gasteiger partial charge in [-0.05, 0) is 42.8 Å². The van der Waals surface area contributed by atoms with Crippen LogP contribution in [-0.2, 0) is 11.2 Å². The van der Waals surface area contributed by atoms with Crippen molar-refractivity contribution in [2.75, 3.05) is 31.5 Å². The Morgan fingerprint density at radius 2 is 2.00 bits per heavy atom. The van der Waals surface area contributed by atoms with Gasteiger partial charge >= 0.3 is 0 Å². The number of Topliss-reactive ketones (excluding diaryl/α,β-unsaturated/α-hetero) is 1. The number of benzene rings is 2. The molecule has 0 atom stereocenters. The highest BCUT2D eigenvalue weighted by Gasteiger charge is 2.20. The molecule has 1 fully saturated rings. The maximum atomic E-state index is 13.1. The summed E-state index contributed by atoms with van der Waals surface area (Å²) in [6.07, 6.45) is 1.92. The van der Waals surface area contributed by atoms with Crippen LogP contribution in [0.3, 0.4) is 0 Å². The van der Waals surface area contributed by atoms with Gasteiger partial charge in [0.05, 0.1) is 22.4 Å². The van der Waals surface area contributed by atoms with Crippen molar-refractivity contribution >= 4 is 56.4 Å². The lowest BCUT2D eigenvalue weighted by Crippen LogP contribution is -2.46. The molecule has 3 N–H and O–H groups in total. The number of hydrogen-bond acceptors (Lipinski definition) is 8. The molecule has 1 aliphatic rings. The summed E-state index contributed by atoms with van der Waals surface area (Å²) in [6.45, 7) is 4.38. The van der Waals surface area contributed by atoms with Crippen LogP contribution in [0.25, 0.3) is 21.5 Å². The quantitative estimate of drug-likeness (QED) is 0.374. The van der Waals surface area contributed by atoms with Gasteiger partial charge in [0.2, 0.25) is 5.13 Å². The van der Waals surface area contributed by atoms with Crippen molar-refractivity contribution in [2.45, 2.75) is 13.3 Å². The topological polar surface area (TPSA) is 116 Å². The van der Waals surface area contributed by atoms with Gasteiger partial charge in [0.15, 0.2) is 0 Å². The number of nitrogens with zero attached hydrogens (tertiary/aromatic N) is 4. The number of carbonyl (C=O) groups is 2. The zero-order chi connectivity index (χ0) is 23.7. The van der Waals surface area contributed by atoms with Gasteiger partial charge in [-0.15, -0.1) is 10.2 Å². The van der Waals surface area contributed by atoms with E-state index in [2.05, 4.69) is 31.0 Å². The molecule has 0 radical (unpaired) electrons. The van der Waals surface area contributed by atoms with Crippen LogP contribution in [0.5, 0.6) is 0 Å². The number of nitrogens with one attached hydrogen (secondary N) is 3. The fourth-order valence-corrected chi connectivity index (χ4v) is 4.97. The van der Waals surface area contributed by atoms with Crippen LogP contribution in [0.4, 0.5) is 10.8 Å². The minimum absolute atomic E-state index is 0.0293. The Labute approximate surface area is 204 Å². The number of amides is 1. The molecular formula is C23H22ClN7O2S. The summed E-state index contributed by atoms with van der Waals surface area (Å²) in [5, 5.41) is 24.5. The third-order valence-electron chi connectivity index (χ3n) is 5.57. The van der Waals surface area contributed by atoms with E-state index in [1.165, 1.54) is 18.3 Å². The Kier molecular flexibility index (Phi) is 6.27. The molecule has 4 aromatic rings. The van der Waals surface area contributed by atoms with Crippen LogP contribution in [0, 0.1) is 0 Å². The minimum atomic E-state index is -0.0452. The second kappa shape index (κ2) is 9.49. The first-order valence-electron chi connectivity index (χ1n) is 10.8. The number of halogens is 1. The molecule has 1 saturated heterocycles. The van der Waals surface area contributed by atoms with Gasteiger partial charge in [0.1, 0.15) is 10.8 Å². The largest absolute Gasteiger partial charge is 0.336 e. The highest BCUT2D eigenvalue weighted by molar-refractivity contribution is 7.18. The third kappa shape index (κ3) is 4.65. The van der Waals surface area contributed by atoms with E-state index in [1.54, 1.807) is 12.3 Å². The number of piperazine rings is 1. The molecule has 0 spiro atoms. The maximum Gasteiger partial charge on any atom is 0.253 e. The number of fused-ring (bicyclic) bond motifs is 1. The summed E-state index contributed by atoms with van der Waals surface area (Å²) in [6, 6.07) is 9.25. The van der Waals surface area contributed by atoms with E-state index >= 15 is 0 Å². The van der Waals surface area contributed by atoms with Gasteiger partial charge in [0, 0.05) is 49.1 Å². The van der Waals surface area contributed by atoms with Gasteiger partial charge in [0.25, 0.3) is 5.91 Å². The number of hydrogen-bond donors (Lipinski definition) is 3. The normalized spacial score (nSPS) is 13.9. The monoisotopic (exact) mass is 495 g/mol. The number of ketones is 1. The van der Waals surface area contributed by atoms with E-state index < -0.39 is 0 Å². The lowest BCUT2D eigenvalue weighted by atomic mass is 10.0. The van der Waals surface area contributed by atoms with Crippen molar-refractivity contribution in [2.24, 2.45) is 0 Å². The number of anilines is 2. The molecule has 11 heteroatoms. The van der Waals surface area contributed by atoms with Crippen molar-refractivity contribution < 1.29 is 9.59 Å². The molecule has 174 valence electrons. The molecule has 3 heterocycles. The maximum absolute atomic E-state index is 13.1. The van der Waals surface area contributed by atoms with E-state index in [9.17, 15) is 9.59 Å². The van der Waals surface area contributed by atoms with Crippen molar-refractivity contribution in [3.63, 3.8) is 0 Å². The van der Waals surface area contributed by atoms with E-state index in [4.69, 9.17) is 11.6 Å². The second-order valence-corrected chi connectivity index (χ2v) is 9.49. The summed E-state index contributed by atoms with van der Waals surface area (Å²) in [5.74, 6) is -0.0159. The van der Waals surface area contributed by atoms with Crippen LogP contribution >= 0.6 is 22.9 Å². The predicted octanol–water partition coefficient (Wildman–Crippen LogP) is 3.66. The SMILES string of the molecule is CC(=O)Cc1cc(C(=O)N2CCNCC2)cc(-c2nnc(Nc3ccc4[nH]ncc4c3Cl)s2)c1. The van der Waals surface area contributed by atoms with Crippen LogP contribution < -0.4 is 10.6 Å². The van der Waals surface area contributed by atoms with Crippen molar-refractivity contribution in [3.05, 3.63) is 52.7 Å². The predicted molar refractivity (Wildman–Crippen MR) is 133 cm³/mol. The Balaban J connectivity index is 1.44. The van der Waals surface area contributed by atoms with E-state index in [0.29, 0.717) is 39.5 Å². The zero-order valence-corrected chi connectivity index (χ0v) is 20.0. The molecule has 0 bridgehead atoms. The molecule has 1 aliphatic heterocycles. The fourth-order valence-electron chi connectivity index (χ4n) is 3.96. The molecule has 34 heavy (non-hydrogen) atoms. The lowest BCUT2D eigenvalue weighted by molar-refractivity contribution is -0.116. The van der Waals surface area contributed by atoms with E-state index in [-0.39, 0.29) is 18.1 Å². The van der Waals surface area contributed by atoms with Crippen molar-refractivity contribution in [1.29, 1.82) is 0 Å². The summed E-state index contributed by atoms with van der Waals surface area (Å²) in [7, 11) is 0. The van der Waals surface area contributed by atoms with E-state index in [0.717, 1.165) is 35.1 Å². The minimum Gasteiger partial charge on any atom is -0.336 e. The summed E-state index contributed by atoms with van der Waals surface area (Å²) >= 11 is 7.86. The average Bonchev–Trinajstić information content (AvgIpc) is 3.50. The molecule has 5 rings (SSSR count). The number of rotatable bonds is 6. The molecule has 1 amide bonds. The first-order chi connectivity index (χ1) is 16.5. The van der Waals surface area contributed by atoms with Gasteiger partial charge in [-0.3, -0.25) is 14.7 Å². The highest BCUT2D eigenvalue weighted by Crippen LogP contribution is 2.35. The molecule has 0 aliphatic carbocycles. The van der Waals surface area contributed by atoms with Crippen LogP contribution in [0.2, 0.25) is 5.02 Å². The highest BCUT2D eigenvalue weighted by atomic mass is 35.5. The summed E-state index contributed by atoms with van der Waals surface area (Å²) < 4.78 is 0. The van der Waals surface area contributed by atoms with Gasteiger partial charge in [-0.2, -0.15) is 5.10 Å². The van der Waals surface area contributed by atoms with Crippen LogP contribution in [-0.4, -0.2) is 63.2 Å². The van der Waals surface area contributed by atoms with Crippen molar-refractivity contribution in [1.82, 2.24) is 30.6 Å².